The Morgan fingerprint density at radius 2 is 1.51 bits per heavy atom. The van der Waals surface area contributed by atoms with Gasteiger partial charge in [0.05, 0.1) is 25.6 Å². The molecule has 1 saturated carbocycles. The van der Waals surface area contributed by atoms with Gasteiger partial charge < -0.3 is 79.7 Å². The van der Waals surface area contributed by atoms with E-state index >= 15 is 0 Å². The van der Waals surface area contributed by atoms with Crippen molar-refractivity contribution in [2.24, 2.45) is 40.9 Å². The minimum Gasteiger partial charge on any atom is -0.508 e. The van der Waals surface area contributed by atoms with E-state index in [2.05, 4.69) is 47.9 Å². The second-order valence-corrected chi connectivity index (χ2v) is 19.5. The fourth-order valence-corrected chi connectivity index (χ4v) is 8.30. The Morgan fingerprint density at radius 1 is 0.833 bits per heavy atom. The van der Waals surface area contributed by atoms with Gasteiger partial charge in [0.1, 0.15) is 47.5 Å². The first kappa shape index (κ1) is 59.3. The largest absolute Gasteiger partial charge is 0.508 e. The highest BCUT2D eigenvalue weighted by atomic mass is 16.3. The number of nitrogens with one attached hydrogen (secondary N) is 9. The quantitative estimate of drug-likeness (QED) is 0.0463. The molecule has 8 atom stereocenters. The van der Waals surface area contributed by atoms with Gasteiger partial charge >= 0.3 is 0 Å². The Hall–Kier alpha value is -7.02. The lowest BCUT2D eigenvalue weighted by Crippen LogP contribution is -2.64. The van der Waals surface area contributed by atoms with Crippen molar-refractivity contribution in [1.29, 1.82) is 0 Å². The van der Waals surface area contributed by atoms with E-state index < -0.39 is 139 Å². The van der Waals surface area contributed by atoms with E-state index in [1.807, 2.05) is 13.8 Å². The number of carbonyl (C=O) groups is 12. The average Bonchev–Trinajstić information content (AvgIpc) is 4.09. The number of primary amides is 3. The lowest BCUT2D eigenvalue weighted by Gasteiger charge is -2.34. The molecular formula is C47H72N12O13. The minimum atomic E-state index is -2.00. The third kappa shape index (κ3) is 20.4. The number of rotatable bonds is 23. The summed E-state index contributed by atoms with van der Waals surface area (Å²) in [4.78, 5) is 157. The number of carbonyl (C=O) groups excluding carboxylic acids is 12. The van der Waals surface area contributed by atoms with E-state index in [0.717, 1.165) is 0 Å². The molecule has 0 aromatic heterocycles. The van der Waals surface area contributed by atoms with Crippen molar-refractivity contribution in [2.75, 3.05) is 32.7 Å². The maximum atomic E-state index is 14.1. The Bertz CT molecular complexity index is 2140. The summed E-state index contributed by atoms with van der Waals surface area (Å²) in [5.74, 6) is -8.93. The number of aldehydes is 2. The van der Waals surface area contributed by atoms with E-state index in [9.17, 15) is 62.6 Å². The molecule has 1 heterocycles. The molecule has 25 nitrogen and oxygen atoms in total. The molecule has 2 fully saturated rings. The van der Waals surface area contributed by atoms with E-state index in [4.69, 9.17) is 17.2 Å². The zero-order valence-electron chi connectivity index (χ0n) is 41.3. The molecule has 1 saturated heterocycles. The molecule has 398 valence electrons. The van der Waals surface area contributed by atoms with Crippen LogP contribution in [0.3, 0.4) is 0 Å². The summed E-state index contributed by atoms with van der Waals surface area (Å²) in [6.45, 7) is 5.77. The smallest absolute Gasteiger partial charge is 0.243 e. The summed E-state index contributed by atoms with van der Waals surface area (Å²) < 4.78 is 0. The van der Waals surface area contributed by atoms with Crippen LogP contribution in [0, 0.1) is 23.7 Å². The van der Waals surface area contributed by atoms with Crippen LogP contribution in [0.15, 0.2) is 24.3 Å². The van der Waals surface area contributed by atoms with Gasteiger partial charge in [0.15, 0.2) is 0 Å². The van der Waals surface area contributed by atoms with Gasteiger partial charge in [-0.3, -0.25) is 47.9 Å². The van der Waals surface area contributed by atoms with Crippen molar-refractivity contribution < 1.29 is 62.6 Å². The SMILES string of the molecule is CC(C)C[C@@H]1NC(=O)[C@H](Cc2ccc(O)cc2)NC(=O)CNC(=O)CC[C@@H](C(=O)NCCC2CC2C(=O)N[C@@](C=O)(CNCC(N)=O)CC(C)C)NC(=O)[C@H](CC(N)=O)NC[C@](C=O)(CCC(N)=O)NC1=O. The number of hydrogen-bond donors (Lipinski definition) is 13. The van der Waals surface area contributed by atoms with Crippen molar-refractivity contribution in [1.82, 2.24) is 47.9 Å². The molecule has 0 bridgehead atoms. The first-order chi connectivity index (χ1) is 33.9. The number of amides is 10. The summed E-state index contributed by atoms with van der Waals surface area (Å²) in [5, 5.41) is 33.6. The molecule has 1 aromatic rings. The molecule has 1 aromatic carbocycles. The number of hydrogen-bond acceptors (Lipinski definition) is 15. The molecule has 16 N–H and O–H groups in total. The number of nitrogens with two attached hydrogens (primary N) is 3. The van der Waals surface area contributed by atoms with Crippen LogP contribution in [0.5, 0.6) is 5.75 Å². The third-order valence-corrected chi connectivity index (χ3v) is 12.1. The topological polar surface area (TPSA) is 411 Å². The van der Waals surface area contributed by atoms with Gasteiger partial charge in [0.25, 0.3) is 0 Å². The van der Waals surface area contributed by atoms with Crippen LogP contribution in [0.25, 0.3) is 0 Å². The van der Waals surface area contributed by atoms with Crippen molar-refractivity contribution >= 4 is 71.6 Å². The van der Waals surface area contributed by atoms with Crippen molar-refractivity contribution in [3.63, 3.8) is 0 Å². The molecule has 0 radical (unpaired) electrons. The van der Waals surface area contributed by atoms with Gasteiger partial charge in [0, 0.05) is 44.8 Å². The molecule has 3 rings (SSSR count). The van der Waals surface area contributed by atoms with E-state index in [0.29, 0.717) is 31.0 Å². The highest BCUT2D eigenvalue weighted by Gasteiger charge is 2.45. The number of benzene rings is 1. The lowest BCUT2D eigenvalue weighted by molar-refractivity contribution is -0.134. The van der Waals surface area contributed by atoms with Crippen molar-refractivity contribution in [3.8, 4) is 5.75 Å². The predicted molar refractivity (Wildman–Crippen MR) is 258 cm³/mol. The predicted octanol–water partition coefficient (Wildman–Crippen LogP) is -4.18. The molecular weight excluding hydrogens is 941 g/mol. The molecule has 2 unspecified atom stereocenters. The van der Waals surface area contributed by atoms with Crippen LogP contribution in [0.4, 0.5) is 0 Å². The third-order valence-electron chi connectivity index (χ3n) is 12.1. The molecule has 72 heavy (non-hydrogen) atoms. The molecule has 25 heteroatoms. The molecule has 2 aliphatic rings. The van der Waals surface area contributed by atoms with E-state index in [-0.39, 0.29) is 68.8 Å². The van der Waals surface area contributed by atoms with Crippen LogP contribution >= 0.6 is 0 Å². The maximum absolute atomic E-state index is 14.1. The number of phenols is 1. The fraction of sp³-hybridized carbons (Fsp3) is 0.617. The highest BCUT2D eigenvalue weighted by molar-refractivity contribution is 5.95. The Labute approximate surface area is 417 Å². The summed E-state index contributed by atoms with van der Waals surface area (Å²) in [6, 6.07) is 0.0519. The Balaban J connectivity index is 1.91. The van der Waals surface area contributed by atoms with Gasteiger partial charge in [0.2, 0.25) is 59.1 Å². The summed E-state index contributed by atoms with van der Waals surface area (Å²) in [6.07, 6.45) is -0.524. The second-order valence-electron chi connectivity index (χ2n) is 19.5. The zero-order chi connectivity index (χ0) is 53.8. The summed E-state index contributed by atoms with van der Waals surface area (Å²) >= 11 is 0. The van der Waals surface area contributed by atoms with Gasteiger partial charge in [-0.15, -0.1) is 0 Å². The normalized spacial score (nSPS) is 24.4. The van der Waals surface area contributed by atoms with Gasteiger partial charge in [-0.05, 0) is 74.0 Å². The van der Waals surface area contributed by atoms with Gasteiger partial charge in [-0.1, -0.05) is 39.8 Å². The Kier molecular flexibility index (Phi) is 23.2. The van der Waals surface area contributed by atoms with Crippen LogP contribution in [-0.2, 0) is 64.0 Å². The van der Waals surface area contributed by atoms with Crippen molar-refractivity contribution in [2.45, 2.75) is 127 Å². The van der Waals surface area contributed by atoms with Crippen LogP contribution in [0.1, 0.15) is 91.0 Å². The second kappa shape index (κ2) is 28.1. The number of phenolic OH excluding ortho intramolecular Hbond substituents is 1. The summed E-state index contributed by atoms with van der Waals surface area (Å²) in [7, 11) is 0. The average molecular weight is 1010 g/mol. The van der Waals surface area contributed by atoms with Gasteiger partial charge in [-0.2, -0.15) is 0 Å². The van der Waals surface area contributed by atoms with Crippen LogP contribution in [0.2, 0.25) is 0 Å². The van der Waals surface area contributed by atoms with E-state index in [1.54, 1.807) is 13.8 Å². The maximum Gasteiger partial charge on any atom is 0.243 e. The lowest BCUT2D eigenvalue weighted by atomic mass is 9.89. The first-order valence-corrected chi connectivity index (χ1v) is 24.0. The number of aromatic hydroxyl groups is 1. The minimum absolute atomic E-state index is 0.00191. The molecule has 1 aliphatic carbocycles. The first-order valence-electron chi connectivity index (χ1n) is 24.0. The monoisotopic (exact) mass is 1010 g/mol. The Morgan fingerprint density at radius 3 is 2.11 bits per heavy atom. The molecule has 1 aliphatic heterocycles. The zero-order valence-corrected chi connectivity index (χ0v) is 41.3. The molecule has 0 spiro atoms. The summed E-state index contributed by atoms with van der Waals surface area (Å²) in [5.41, 5.74) is 13.4. The highest BCUT2D eigenvalue weighted by Crippen LogP contribution is 2.41. The van der Waals surface area contributed by atoms with Crippen LogP contribution < -0.4 is 65.1 Å². The van der Waals surface area contributed by atoms with Crippen molar-refractivity contribution in [3.05, 3.63) is 29.8 Å². The molecule has 10 amide bonds. The van der Waals surface area contributed by atoms with Crippen LogP contribution in [-0.4, -0.2) is 145 Å². The van der Waals surface area contributed by atoms with E-state index in [1.165, 1.54) is 24.3 Å². The van der Waals surface area contributed by atoms with Gasteiger partial charge in [-0.25, -0.2) is 0 Å². The standard InChI is InChI=1S/C47H72N12O13/c1-26(2)15-34-45(72)59-46(24-60,13-11-36(48)63)23-54-33(18-37(49)64)43(70)56-32(9-10-39(66)53-21-40(67)55-35(44(71)57-34)16-28-5-7-30(62)8-6-28)42(69)52-14-12-29-17-31(29)41(68)58-47(25-61,19-27(3)4)22-51-20-38(50)65/h5-8,24-27,29,31-35,51,54,62H,9-23H2,1-4H3,(H2,48,63)(H2,49,64)(H2,50,65)(H,52,69)(H,53,66)(H,55,67)(H,56,70)(H,57,71)(H,58,68)(H,59,72)/t29?,31?,32-,33-,34-,35-,46-,47+/m0/s1. The fourth-order valence-electron chi connectivity index (χ4n) is 8.30.